The fraction of sp³-hybridized carbons (Fsp3) is 0.692. The lowest BCUT2D eigenvalue weighted by molar-refractivity contribution is -0.140. The van der Waals surface area contributed by atoms with Crippen LogP contribution in [0.2, 0.25) is 0 Å². The molecule has 0 saturated heterocycles. The van der Waals surface area contributed by atoms with Crippen molar-refractivity contribution in [3.63, 3.8) is 0 Å². The Morgan fingerprint density at radius 3 is 2.57 bits per heavy atom. The minimum absolute atomic E-state index is 0.0224. The van der Waals surface area contributed by atoms with Crippen molar-refractivity contribution >= 4 is 16.0 Å². The summed E-state index contributed by atoms with van der Waals surface area (Å²) in [6, 6.07) is 0. The number of sulfonamides is 1. The van der Waals surface area contributed by atoms with Crippen molar-refractivity contribution in [2.24, 2.45) is 0 Å². The van der Waals surface area contributed by atoms with Crippen LogP contribution < -0.4 is 0 Å². The molecule has 21 heavy (non-hydrogen) atoms. The lowest BCUT2D eigenvalue weighted by Crippen LogP contribution is -2.37. The second-order valence-corrected chi connectivity index (χ2v) is 6.62. The van der Waals surface area contributed by atoms with Gasteiger partial charge in [-0.05, 0) is 19.8 Å². The van der Waals surface area contributed by atoms with E-state index in [1.165, 1.54) is 13.3 Å². The van der Waals surface area contributed by atoms with Crippen molar-refractivity contribution < 1.29 is 17.9 Å². The van der Waals surface area contributed by atoms with Crippen LogP contribution in [0.25, 0.3) is 0 Å². The minimum Gasteiger partial charge on any atom is -0.468 e. The van der Waals surface area contributed by atoms with E-state index < -0.39 is 16.0 Å². The van der Waals surface area contributed by atoms with Crippen LogP contribution in [0, 0.1) is 6.92 Å². The number of carbonyl (C=O) groups excluding carboxylic acids is 1. The molecular weight excluding hydrogens is 294 g/mol. The van der Waals surface area contributed by atoms with Gasteiger partial charge in [0.25, 0.3) is 10.0 Å². The van der Waals surface area contributed by atoms with Crippen LogP contribution in [0.15, 0.2) is 11.2 Å². The molecule has 0 aliphatic heterocycles. The van der Waals surface area contributed by atoms with Gasteiger partial charge in [0.2, 0.25) is 0 Å². The fourth-order valence-corrected chi connectivity index (χ4v) is 3.42. The molecule has 0 bridgehead atoms. The summed E-state index contributed by atoms with van der Waals surface area (Å²) in [4.78, 5) is 15.5. The number of nitrogens with zero attached hydrogens (tertiary/aromatic N) is 3. The molecule has 0 radical (unpaired) electrons. The van der Waals surface area contributed by atoms with E-state index in [2.05, 4.69) is 9.72 Å². The molecule has 0 atom stereocenters. The molecule has 8 heteroatoms. The van der Waals surface area contributed by atoms with Crippen LogP contribution in [0.3, 0.4) is 0 Å². The zero-order chi connectivity index (χ0) is 16.0. The lowest BCUT2D eigenvalue weighted by Gasteiger charge is -2.18. The van der Waals surface area contributed by atoms with Gasteiger partial charge in [0.1, 0.15) is 12.4 Å². The van der Waals surface area contributed by atoms with Gasteiger partial charge < -0.3 is 9.30 Å². The second-order valence-electron chi connectivity index (χ2n) is 4.73. The van der Waals surface area contributed by atoms with E-state index in [0.29, 0.717) is 18.8 Å². The molecule has 0 aliphatic carbocycles. The molecule has 1 heterocycles. The van der Waals surface area contributed by atoms with E-state index in [0.717, 1.165) is 10.7 Å². The number of ether oxygens (including phenoxy) is 1. The summed E-state index contributed by atoms with van der Waals surface area (Å²) in [5.41, 5.74) is 0. The van der Waals surface area contributed by atoms with Gasteiger partial charge in [-0.3, -0.25) is 4.79 Å². The van der Waals surface area contributed by atoms with E-state index in [4.69, 9.17) is 0 Å². The number of aryl methyl sites for hydroxylation is 2. The lowest BCUT2D eigenvalue weighted by atomic mass is 10.5. The average Bonchev–Trinajstić information content (AvgIpc) is 2.80. The number of hydrogen-bond donors (Lipinski definition) is 0. The first-order valence-corrected chi connectivity index (χ1v) is 8.41. The molecule has 1 aromatic rings. The van der Waals surface area contributed by atoms with Gasteiger partial charge in [-0.15, -0.1) is 0 Å². The first-order chi connectivity index (χ1) is 9.86. The molecular formula is C13H23N3O4S. The van der Waals surface area contributed by atoms with E-state index in [9.17, 15) is 13.2 Å². The summed E-state index contributed by atoms with van der Waals surface area (Å²) in [7, 11) is -2.55. The Bertz CT molecular complexity index is 580. The van der Waals surface area contributed by atoms with Gasteiger partial charge in [-0.2, -0.15) is 4.31 Å². The second kappa shape index (κ2) is 7.56. The molecule has 0 aromatic carbocycles. The SMILES string of the molecule is CCCN(CC(=O)OC)S(=O)(=O)c1cn(CCC)c(C)n1. The Labute approximate surface area is 126 Å². The van der Waals surface area contributed by atoms with Crippen molar-refractivity contribution in [3.8, 4) is 0 Å². The zero-order valence-electron chi connectivity index (χ0n) is 13.0. The largest absolute Gasteiger partial charge is 0.468 e. The molecule has 7 nitrogen and oxygen atoms in total. The first-order valence-electron chi connectivity index (χ1n) is 6.97. The predicted octanol–water partition coefficient (Wildman–Crippen LogP) is 1.18. The minimum atomic E-state index is -3.79. The summed E-state index contributed by atoms with van der Waals surface area (Å²) in [6.07, 6.45) is 3.01. The highest BCUT2D eigenvalue weighted by molar-refractivity contribution is 7.89. The molecule has 0 aliphatic rings. The van der Waals surface area contributed by atoms with Gasteiger partial charge in [-0.25, -0.2) is 13.4 Å². The third kappa shape index (κ3) is 4.28. The van der Waals surface area contributed by atoms with Gasteiger partial charge in [0, 0.05) is 19.3 Å². The number of rotatable bonds is 8. The Morgan fingerprint density at radius 1 is 1.38 bits per heavy atom. The first kappa shape index (κ1) is 17.6. The third-order valence-electron chi connectivity index (χ3n) is 3.03. The third-order valence-corrected chi connectivity index (χ3v) is 4.75. The fourth-order valence-electron chi connectivity index (χ4n) is 1.95. The standard InChI is InChI=1S/C13H23N3O4S/c1-5-7-15-9-12(14-11(15)3)21(18,19)16(8-6-2)10-13(17)20-4/h9H,5-8,10H2,1-4H3. The van der Waals surface area contributed by atoms with Gasteiger partial charge in [0.15, 0.2) is 5.03 Å². The molecule has 1 rings (SSSR count). The molecule has 0 saturated carbocycles. The van der Waals surface area contributed by atoms with Gasteiger partial charge >= 0.3 is 5.97 Å². The summed E-state index contributed by atoms with van der Waals surface area (Å²) in [6.45, 7) is 6.27. The van der Waals surface area contributed by atoms with Crippen molar-refractivity contribution in [2.75, 3.05) is 20.2 Å². The summed E-state index contributed by atoms with van der Waals surface area (Å²) < 4.78 is 32.6. The highest BCUT2D eigenvalue weighted by Gasteiger charge is 2.29. The molecule has 1 aromatic heterocycles. The summed E-state index contributed by atoms with van der Waals surface area (Å²) in [5, 5.41) is -0.0224. The van der Waals surface area contributed by atoms with Crippen LogP contribution in [-0.4, -0.2) is 48.4 Å². The van der Waals surface area contributed by atoms with Crippen LogP contribution in [0.5, 0.6) is 0 Å². The predicted molar refractivity (Wildman–Crippen MR) is 78.3 cm³/mol. The molecule has 0 fully saturated rings. The Hall–Kier alpha value is -1.41. The van der Waals surface area contributed by atoms with Crippen molar-refractivity contribution in [3.05, 3.63) is 12.0 Å². The number of hydrogen-bond acceptors (Lipinski definition) is 5. The van der Waals surface area contributed by atoms with Crippen molar-refractivity contribution in [2.45, 2.75) is 45.2 Å². The monoisotopic (exact) mass is 317 g/mol. The smallest absolute Gasteiger partial charge is 0.321 e. The number of carbonyl (C=O) groups is 1. The summed E-state index contributed by atoms with van der Waals surface area (Å²) in [5.74, 6) is 0.0571. The van der Waals surface area contributed by atoms with Crippen LogP contribution in [0.4, 0.5) is 0 Å². The van der Waals surface area contributed by atoms with Gasteiger partial charge in [-0.1, -0.05) is 13.8 Å². The quantitative estimate of drug-likeness (QED) is 0.672. The maximum absolute atomic E-state index is 12.6. The molecule has 0 spiro atoms. The molecule has 0 unspecified atom stereocenters. The average molecular weight is 317 g/mol. The van der Waals surface area contributed by atoms with Crippen molar-refractivity contribution in [1.82, 2.24) is 13.9 Å². The summed E-state index contributed by atoms with van der Waals surface area (Å²) >= 11 is 0. The van der Waals surface area contributed by atoms with E-state index in [-0.39, 0.29) is 18.1 Å². The normalized spacial score (nSPS) is 11.9. The Morgan fingerprint density at radius 2 is 2.05 bits per heavy atom. The highest BCUT2D eigenvalue weighted by atomic mass is 32.2. The molecule has 0 N–H and O–H groups in total. The maximum atomic E-state index is 12.6. The number of esters is 1. The van der Waals surface area contributed by atoms with Gasteiger partial charge in [0.05, 0.1) is 7.11 Å². The molecule has 0 amide bonds. The number of aromatic nitrogens is 2. The highest BCUT2D eigenvalue weighted by Crippen LogP contribution is 2.16. The Kier molecular flexibility index (Phi) is 6.35. The van der Waals surface area contributed by atoms with E-state index in [1.807, 2.05) is 13.8 Å². The number of methoxy groups -OCH3 is 1. The van der Waals surface area contributed by atoms with Crippen LogP contribution in [0.1, 0.15) is 32.5 Å². The van der Waals surface area contributed by atoms with E-state index in [1.54, 1.807) is 11.5 Å². The Balaban J connectivity index is 3.10. The van der Waals surface area contributed by atoms with E-state index >= 15 is 0 Å². The topological polar surface area (TPSA) is 81.5 Å². The number of imidazole rings is 1. The maximum Gasteiger partial charge on any atom is 0.321 e. The van der Waals surface area contributed by atoms with Crippen LogP contribution >= 0.6 is 0 Å². The van der Waals surface area contributed by atoms with Crippen LogP contribution in [-0.2, 0) is 26.1 Å². The van der Waals surface area contributed by atoms with Crippen molar-refractivity contribution in [1.29, 1.82) is 0 Å². The molecule has 120 valence electrons. The zero-order valence-corrected chi connectivity index (χ0v) is 13.8.